The quantitative estimate of drug-likeness (QED) is 0.782. The van der Waals surface area contributed by atoms with Crippen LogP contribution in [0.4, 0.5) is 0 Å². The fraction of sp³-hybridized carbons (Fsp3) is 0.316. The maximum absolute atomic E-state index is 12.4. The molecule has 24 heavy (non-hydrogen) atoms. The number of nitrogens with one attached hydrogen (secondary N) is 2. The third-order valence-electron chi connectivity index (χ3n) is 4.48. The SMILES string of the molecule is O=C(NCc1ccccc1C[NH+]1CCCC1)c1cc(Br)ccc1Cl. The van der Waals surface area contributed by atoms with Gasteiger partial charge in [0.2, 0.25) is 0 Å². The van der Waals surface area contributed by atoms with Crippen molar-refractivity contribution in [3.8, 4) is 0 Å². The summed E-state index contributed by atoms with van der Waals surface area (Å²) in [5.74, 6) is -0.148. The topological polar surface area (TPSA) is 33.5 Å². The van der Waals surface area contributed by atoms with Crippen LogP contribution in [0.3, 0.4) is 0 Å². The Morgan fingerprint density at radius 2 is 1.83 bits per heavy atom. The van der Waals surface area contributed by atoms with E-state index in [-0.39, 0.29) is 5.91 Å². The molecule has 2 aromatic carbocycles. The predicted molar refractivity (Wildman–Crippen MR) is 100 cm³/mol. The maximum atomic E-state index is 12.4. The number of quaternary nitrogens is 1. The molecule has 1 aliphatic heterocycles. The Balaban J connectivity index is 1.67. The van der Waals surface area contributed by atoms with E-state index in [0.717, 1.165) is 11.0 Å². The predicted octanol–water partition coefficient (Wildman–Crippen LogP) is 3.21. The number of hydrogen-bond acceptors (Lipinski definition) is 1. The highest BCUT2D eigenvalue weighted by atomic mass is 79.9. The Kier molecular flexibility index (Phi) is 5.93. The number of likely N-dealkylation sites (tertiary alicyclic amines) is 1. The molecule has 0 atom stereocenters. The van der Waals surface area contributed by atoms with E-state index < -0.39 is 0 Å². The summed E-state index contributed by atoms with van der Waals surface area (Å²) in [7, 11) is 0. The normalized spacial score (nSPS) is 14.8. The van der Waals surface area contributed by atoms with Gasteiger partial charge in [0.1, 0.15) is 6.54 Å². The van der Waals surface area contributed by atoms with Crippen molar-refractivity contribution in [1.82, 2.24) is 5.32 Å². The molecular formula is C19H21BrClN2O+. The van der Waals surface area contributed by atoms with Crippen molar-refractivity contribution in [2.75, 3.05) is 13.1 Å². The average molecular weight is 409 g/mol. The van der Waals surface area contributed by atoms with Gasteiger partial charge in [0, 0.05) is 29.4 Å². The van der Waals surface area contributed by atoms with Crippen molar-refractivity contribution in [2.45, 2.75) is 25.9 Å². The zero-order valence-electron chi connectivity index (χ0n) is 13.4. The van der Waals surface area contributed by atoms with Gasteiger partial charge in [-0.05, 0) is 23.8 Å². The first kappa shape index (κ1) is 17.5. The molecule has 0 radical (unpaired) electrons. The molecule has 1 heterocycles. The molecule has 0 spiro atoms. The Bertz CT molecular complexity index is 729. The fourth-order valence-corrected chi connectivity index (χ4v) is 3.73. The largest absolute Gasteiger partial charge is 0.348 e. The number of carbonyl (C=O) groups excluding carboxylic acids is 1. The van der Waals surface area contributed by atoms with Gasteiger partial charge in [-0.2, -0.15) is 0 Å². The highest BCUT2D eigenvalue weighted by Crippen LogP contribution is 2.21. The highest BCUT2D eigenvalue weighted by Gasteiger charge is 2.17. The van der Waals surface area contributed by atoms with Crippen molar-refractivity contribution in [1.29, 1.82) is 0 Å². The van der Waals surface area contributed by atoms with Gasteiger partial charge in [-0.3, -0.25) is 4.79 Å². The molecule has 3 rings (SSSR count). The zero-order valence-corrected chi connectivity index (χ0v) is 15.8. The lowest BCUT2D eigenvalue weighted by molar-refractivity contribution is -0.901. The lowest BCUT2D eigenvalue weighted by Gasteiger charge is -2.15. The number of hydrogen-bond donors (Lipinski definition) is 2. The second-order valence-corrected chi connectivity index (χ2v) is 7.53. The maximum Gasteiger partial charge on any atom is 0.253 e. The van der Waals surface area contributed by atoms with E-state index in [1.807, 2.05) is 12.1 Å². The van der Waals surface area contributed by atoms with E-state index in [0.29, 0.717) is 17.1 Å². The molecule has 0 unspecified atom stereocenters. The number of rotatable bonds is 5. The number of halogens is 2. The van der Waals surface area contributed by atoms with Crippen molar-refractivity contribution in [3.63, 3.8) is 0 Å². The van der Waals surface area contributed by atoms with E-state index in [9.17, 15) is 4.79 Å². The molecule has 126 valence electrons. The van der Waals surface area contributed by atoms with E-state index in [1.165, 1.54) is 37.1 Å². The molecule has 1 saturated heterocycles. The second-order valence-electron chi connectivity index (χ2n) is 6.21. The van der Waals surface area contributed by atoms with E-state index in [4.69, 9.17) is 11.6 Å². The van der Waals surface area contributed by atoms with Crippen LogP contribution in [0.15, 0.2) is 46.9 Å². The van der Waals surface area contributed by atoms with Crippen LogP contribution in [0.2, 0.25) is 5.02 Å². The molecule has 5 heteroatoms. The molecule has 0 aliphatic carbocycles. The molecule has 2 aromatic rings. The lowest BCUT2D eigenvalue weighted by Crippen LogP contribution is -3.08. The standard InChI is InChI=1S/C19H20BrClN2O/c20-16-7-8-18(21)17(11-16)19(24)22-12-14-5-1-2-6-15(14)13-23-9-3-4-10-23/h1-2,5-8,11H,3-4,9-10,12-13H2,(H,22,24)/p+1. The zero-order chi connectivity index (χ0) is 16.9. The van der Waals surface area contributed by atoms with Crippen LogP contribution in [0.25, 0.3) is 0 Å². The summed E-state index contributed by atoms with van der Waals surface area (Å²) in [6, 6.07) is 13.7. The smallest absolute Gasteiger partial charge is 0.253 e. The summed E-state index contributed by atoms with van der Waals surface area (Å²) in [5, 5.41) is 3.46. The van der Waals surface area contributed by atoms with Gasteiger partial charge in [-0.1, -0.05) is 51.8 Å². The van der Waals surface area contributed by atoms with E-state index in [1.54, 1.807) is 17.0 Å². The molecule has 2 N–H and O–H groups in total. The van der Waals surface area contributed by atoms with Crippen molar-refractivity contribution < 1.29 is 9.69 Å². The fourth-order valence-electron chi connectivity index (χ4n) is 3.17. The van der Waals surface area contributed by atoms with Crippen LogP contribution in [-0.2, 0) is 13.1 Å². The third kappa shape index (κ3) is 4.38. The molecule has 1 amide bonds. The number of benzene rings is 2. The van der Waals surface area contributed by atoms with Gasteiger partial charge < -0.3 is 10.2 Å². The molecule has 0 aromatic heterocycles. The molecule has 3 nitrogen and oxygen atoms in total. The molecule has 1 fully saturated rings. The Morgan fingerprint density at radius 1 is 1.12 bits per heavy atom. The van der Waals surface area contributed by atoms with Gasteiger partial charge in [0.25, 0.3) is 5.91 Å². The highest BCUT2D eigenvalue weighted by molar-refractivity contribution is 9.10. The van der Waals surface area contributed by atoms with Crippen molar-refractivity contribution in [2.24, 2.45) is 0 Å². The van der Waals surface area contributed by atoms with Crippen LogP contribution >= 0.6 is 27.5 Å². The first-order chi connectivity index (χ1) is 11.6. The average Bonchev–Trinajstić information content (AvgIpc) is 3.09. The van der Waals surface area contributed by atoms with Gasteiger partial charge in [-0.15, -0.1) is 0 Å². The van der Waals surface area contributed by atoms with Gasteiger partial charge in [-0.25, -0.2) is 0 Å². The summed E-state index contributed by atoms with van der Waals surface area (Å²) in [6.07, 6.45) is 2.63. The summed E-state index contributed by atoms with van der Waals surface area (Å²) in [6.45, 7) is 4.04. The molecule has 1 aliphatic rings. The van der Waals surface area contributed by atoms with Crippen molar-refractivity contribution in [3.05, 3.63) is 68.7 Å². The minimum atomic E-state index is -0.148. The Labute approximate surface area is 156 Å². The van der Waals surface area contributed by atoms with Crippen LogP contribution in [0.5, 0.6) is 0 Å². The van der Waals surface area contributed by atoms with Crippen LogP contribution in [-0.4, -0.2) is 19.0 Å². The third-order valence-corrected chi connectivity index (χ3v) is 5.30. The summed E-state index contributed by atoms with van der Waals surface area (Å²) >= 11 is 9.51. The van der Waals surface area contributed by atoms with Gasteiger partial charge in [0.15, 0.2) is 0 Å². The van der Waals surface area contributed by atoms with Crippen LogP contribution < -0.4 is 10.2 Å². The summed E-state index contributed by atoms with van der Waals surface area (Å²) < 4.78 is 0.843. The minimum Gasteiger partial charge on any atom is -0.348 e. The molecule has 0 saturated carbocycles. The van der Waals surface area contributed by atoms with Gasteiger partial charge in [0.05, 0.1) is 23.7 Å². The number of amides is 1. The lowest BCUT2D eigenvalue weighted by atomic mass is 10.1. The van der Waals surface area contributed by atoms with Crippen LogP contribution in [0.1, 0.15) is 34.3 Å². The van der Waals surface area contributed by atoms with E-state index >= 15 is 0 Å². The van der Waals surface area contributed by atoms with Crippen molar-refractivity contribution >= 4 is 33.4 Å². The monoisotopic (exact) mass is 407 g/mol. The molecular weight excluding hydrogens is 388 g/mol. The Hall–Kier alpha value is -1.36. The number of carbonyl (C=O) groups is 1. The summed E-state index contributed by atoms with van der Waals surface area (Å²) in [4.78, 5) is 14.1. The minimum absolute atomic E-state index is 0.148. The summed E-state index contributed by atoms with van der Waals surface area (Å²) in [5.41, 5.74) is 2.99. The first-order valence-electron chi connectivity index (χ1n) is 8.27. The molecule has 0 bridgehead atoms. The Morgan fingerprint density at radius 3 is 2.58 bits per heavy atom. The second kappa shape index (κ2) is 8.15. The first-order valence-corrected chi connectivity index (χ1v) is 9.44. The van der Waals surface area contributed by atoms with Crippen LogP contribution in [0, 0.1) is 0 Å². The van der Waals surface area contributed by atoms with E-state index in [2.05, 4.69) is 39.4 Å². The van der Waals surface area contributed by atoms with Gasteiger partial charge >= 0.3 is 0 Å².